The first kappa shape index (κ1) is 16.0. The fourth-order valence-corrected chi connectivity index (χ4v) is 4.11. The van der Waals surface area contributed by atoms with Gasteiger partial charge in [-0.2, -0.15) is 0 Å². The Bertz CT molecular complexity index is 557. The summed E-state index contributed by atoms with van der Waals surface area (Å²) in [6, 6.07) is 4.42. The summed E-state index contributed by atoms with van der Waals surface area (Å²) in [7, 11) is -3.59. The minimum absolute atomic E-state index is 0.0350. The zero-order valence-electron chi connectivity index (χ0n) is 11.1. The molecule has 0 bridgehead atoms. The van der Waals surface area contributed by atoms with E-state index in [0.717, 1.165) is 26.1 Å². The maximum Gasteiger partial charge on any atom is 0.242 e. The summed E-state index contributed by atoms with van der Waals surface area (Å²) >= 11 is 11.7. The summed E-state index contributed by atoms with van der Waals surface area (Å²) in [6.07, 6.45) is 3.27. The van der Waals surface area contributed by atoms with Crippen molar-refractivity contribution in [2.45, 2.75) is 24.2 Å². The lowest BCUT2D eigenvalue weighted by Crippen LogP contribution is -2.29. The average molecular weight is 337 g/mol. The molecule has 0 aliphatic carbocycles. The van der Waals surface area contributed by atoms with Crippen LogP contribution in [0.2, 0.25) is 10.0 Å². The van der Waals surface area contributed by atoms with Gasteiger partial charge in [-0.15, -0.1) is 0 Å². The van der Waals surface area contributed by atoms with Crippen LogP contribution < -0.4 is 4.72 Å². The molecule has 20 heavy (non-hydrogen) atoms. The van der Waals surface area contributed by atoms with E-state index < -0.39 is 10.0 Å². The van der Waals surface area contributed by atoms with Gasteiger partial charge in [-0.1, -0.05) is 23.2 Å². The first-order chi connectivity index (χ1) is 9.49. The van der Waals surface area contributed by atoms with Gasteiger partial charge in [0.25, 0.3) is 0 Å². The molecule has 0 atom stereocenters. The Morgan fingerprint density at radius 3 is 2.60 bits per heavy atom. The lowest BCUT2D eigenvalue weighted by Gasteiger charge is -2.14. The van der Waals surface area contributed by atoms with E-state index in [9.17, 15) is 8.42 Å². The molecule has 1 aromatic carbocycles. The standard InChI is InChI=1S/C13H18Cl2N2O2S/c14-11-4-5-12(15)13(10-11)20(18,19)16-6-3-9-17-7-1-2-8-17/h4-5,10,16H,1-3,6-9H2. The quantitative estimate of drug-likeness (QED) is 0.812. The molecule has 112 valence electrons. The van der Waals surface area contributed by atoms with Gasteiger partial charge in [0.1, 0.15) is 4.90 Å². The van der Waals surface area contributed by atoms with Gasteiger partial charge >= 0.3 is 0 Å². The van der Waals surface area contributed by atoms with Crippen molar-refractivity contribution in [2.75, 3.05) is 26.2 Å². The highest BCUT2D eigenvalue weighted by molar-refractivity contribution is 7.89. The molecular weight excluding hydrogens is 319 g/mol. The number of halogens is 2. The monoisotopic (exact) mass is 336 g/mol. The second-order valence-electron chi connectivity index (χ2n) is 4.87. The largest absolute Gasteiger partial charge is 0.303 e. The molecule has 0 radical (unpaired) electrons. The van der Waals surface area contributed by atoms with Crippen LogP contribution in [0.15, 0.2) is 23.1 Å². The van der Waals surface area contributed by atoms with Crippen LogP contribution in [0.5, 0.6) is 0 Å². The number of benzene rings is 1. The van der Waals surface area contributed by atoms with Crippen LogP contribution in [0, 0.1) is 0 Å². The normalized spacial score (nSPS) is 16.7. The highest BCUT2D eigenvalue weighted by Gasteiger charge is 2.18. The van der Waals surface area contributed by atoms with Gasteiger partial charge in [-0.05, 0) is 57.1 Å². The van der Waals surface area contributed by atoms with Gasteiger partial charge in [-0.3, -0.25) is 0 Å². The Morgan fingerprint density at radius 2 is 1.90 bits per heavy atom. The molecule has 0 aromatic heterocycles. The maximum atomic E-state index is 12.1. The Balaban J connectivity index is 1.88. The summed E-state index contributed by atoms with van der Waals surface area (Å²) < 4.78 is 26.8. The molecule has 2 rings (SSSR count). The molecule has 4 nitrogen and oxygen atoms in total. The van der Waals surface area contributed by atoms with Crippen LogP contribution in [-0.2, 0) is 10.0 Å². The van der Waals surface area contributed by atoms with Gasteiger partial charge in [0.2, 0.25) is 10.0 Å². The Kier molecular flexibility index (Phi) is 5.69. The summed E-state index contributed by atoms with van der Waals surface area (Å²) in [6.45, 7) is 3.56. The second kappa shape index (κ2) is 7.09. The number of likely N-dealkylation sites (tertiary alicyclic amines) is 1. The highest BCUT2D eigenvalue weighted by Crippen LogP contribution is 2.24. The van der Waals surface area contributed by atoms with Crippen molar-refractivity contribution < 1.29 is 8.42 Å². The molecule has 7 heteroatoms. The van der Waals surface area contributed by atoms with Gasteiger partial charge in [0.15, 0.2) is 0 Å². The van der Waals surface area contributed by atoms with E-state index in [4.69, 9.17) is 23.2 Å². The number of hydrogen-bond acceptors (Lipinski definition) is 3. The zero-order chi connectivity index (χ0) is 14.6. The Morgan fingerprint density at radius 1 is 1.20 bits per heavy atom. The van der Waals surface area contributed by atoms with E-state index in [2.05, 4.69) is 9.62 Å². The molecule has 1 heterocycles. The third-order valence-electron chi connectivity index (χ3n) is 3.32. The minimum atomic E-state index is -3.59. The van der Waals surface area contributed by atoms with Crippen LogP contribution in [0.25, 0.3) is 0 Å². The average Bonchev–Trinajstić information content (AvgIpc) is 2.90. The number of nitrogens with zero attached hydrogens (tertiary/aromatic N) is 1. The molecule has 0 saturated carbocycles. The molecule has 1 saturated heterocycles. The Labute approximate surface area is 130 Å². The van der Waals surface area contributed by atoms with Crippen molar-refractivity contribution in [1.29, 1.82) is 0 Å². The van der Waals surface area contributed by atoms with Crippen LogP contribution in [0.3, 0.4) is 0 Å². The van der Waals surface area contributed by atoms with Gasteiger partial charge in [0, 0.05) is 11.6 Å². The van der Waals surface area contributed by atoms with E-state index in [1.54, 1.807) is 6.07 Å². The summed E-state index contributed by atoms with van der Waals surface area (Å²) in [5.74, 6) is 0. The zero-order valence-corrected chi connectivity index (χ0v) is 13.4. The fraction of sp³-hybridized carbons (Fsp3) is 0.538. The van der Waals surface area contributed by atoms with Crippen molar-refractivity contribution in [3.05, 3.63) is 28.2 Å². The number of hydrogen-bond donors (Lipinski definition) is 1. The molecule has 0 spiro atoms. The summed E-state index contributed by atoms with van der Waals surface area (Å²) in [5, 5.41) is 0.535. The third kappa shape index (κ3) is 4.33. The molecule has 1 fully saturated rings. The van der Waals surface area contributed by atoms with E-state index in [1.165, 1.54) is 25.0 Å². The summed E-state index contributed by atoms with van der Waals surface area (Å²) in [5.41, 5.74) is 0. The minimum Gasteiger partial charge on any atom is -0.303 e. The summed E-state index contributed by atoms with van der Waals surface area (Å²) in [4.78, 5) is 2.38. The lowest BCUT2D eigenvalue weighted by atomic mass is 10.4. The fourth-order valence-electron chi connectivity index (χ4n) is 2.28. The lowest BCUT2D eigenvalue weighted by molar-refractivity contribution is 0.334. The predicted molar refractivity (Wildman–Crippen MR) is 81.9 cm³/mol. The van der Waals surface area contributed by atoms with E-state index in [0.29, 0.717) is 11.6 Å². The van der Waals surface area contributed by atoms with Crippen molar-refractivity contribution in [3.8, 4) is 0 Å². The topological polar surface area (TPSA) is 49.4 Å². The first-order valence-corrected chi connectivity index (χ1v) is 8.90. The molecule has 1 N–H and O–H groups in total. The van der Waals surface area contributed by atoms with Crippen molar-refractivity contribution in [3.63, 3.8) is 0 Å². The van der Waals surface area contributed by atoms with E-state index >= 15 is 0 Å². The number of sulfonamides is 1. The molecular formula is C13H18Cl2N2O2S. The van der Waals surface area contributed by atoms with Crippen LogP contribution in [0.1, 0.15) is 19.3 Å². The Hall–Kier alpha value is -0.330. The van der Waals surface area contributed by atoms with E-state index in [1.807, 2.05) is 0 Å². The molecule has 1 aliphatic rings. The van der Waals surface area contributed by atoms with Crippen LogP contribution in [0.4, 0.5) is 0 Å². The van der Waals surface area contributed by atoms with Crippen molar-refractivity contribution in [2.24, 2.45) is 0 Å². The van der Waals surface area contributed by atoms with Crippen LogP contribution in [-0.4, -0.2) is 39.5 Å². The molecule has 1 aliphatic heterocycles. The smallest absolute Gasteiger partial charge is 0.242 e. The van der Waals surface area contributed by atoms with Crippen molar-refractivity contribution >= 4 is 33.2 Å². The van der Waals surface area contributed by atoms with Gasteiger partial charge in [-0.25, -0.2) is 13.1 Å². The predicted octanol–water partition coefficient (Wildman–Crippen LogP) is 2.76. The molecule has 1 aromatic rings. The second-order valence-corrected chi connectivity index (χ2v) is 7.45. The maximum absolute atomic E-state index is 12.1. The highest BCUT2D eigenvalue weighted by atomic mass is 35.5. The SMILES string of the molecule is O=S(=O)(NCCCN1CCCC1)c1cc(Cl)ccc1Cl. The van der Waals surface area contributed by atoms with Crippen molar-refractivity contribution in [1.82, 2.24) is 9.62 Å². The van der Waals surface area contributed by atoms with Gasteiger partial charge < -0.3 is 4.90 Å². The van der Waals surface area contributed by atoms with Crippen LogP contribution >= 0.6 is 23.2 Å². The van der Waals surface area contributed by atoms with E-state index in [-0.39, 0.29) is 9.92 Å². The first-order valence-electron chi connectivity index (χ1n) is 6.66. The number of rotatable bonds is 6. The third-order valence-corrected chi connectivity index (χ3v) is 5.50. The number of nitrogens with one attached hydrogen (secondary N) is 1. The molecule has 0 unspecified atom stereocenters. The molecule has 0 amide bonds. The van der Waals surface area contributed by atoms with Gasteiger partial charge in [0.05, 0.1) is 5.02 Å².